The number of aliphatic carboxylic acids is 1. The number of benzene rings is 1. The fraction of sp³-hybridized carbons (Fsp3) is 0.548. The lowest BCUT2D eigenvalue weighted by atomic mass is 10.0. The maximum absolute atomic E-state index is 12.7. The molecule has 4 atom stereocenters. The summed E-state index contributed by atoms with van der Waals surface area (Å²) in [6.45, 7) is 5.91. The quantitative estimate of drug-likeness (QED) is 0.0771. The van der Waals surface area contributed by atoms with Crippen LogP contribution in [0.3, 0.4) is 0 Å². The summed E-state index contributed by atoms with van der Waals surface area (Å²) >= 11 is 0. The van der Waals surface area contributed by atoms with Gasteiger partial charge in [0.25, 0.3) is 11.8 Å². The Kier molecular flexibility index (Phi) is 17.2. The fourth-order valence-electron chi connectivity index (χ4n) is 4.22. The number of nitrogens with zero attached hydrogens (tertiary/aromatic N) is 1. The highest BCUT2D eigenvalue weighted by Gasteiger charge is 2.42. The topological polar surface area (TPSA) is 237 Å². The number of nitrogens with one attached hydrogen (secondary N) is 2. The maximum atomic E-state index is 12.7. The molecule has 5 N–H and O–H groups in total. The zero-order chi connectivity index (χ0) is 35.6. The van der Waals surface area contributed by atoms with Gasteiger partial charge in [0.2, 0.25) is 18.1 Å². The number of aliphatic hydroxyl groups excluding tert-OH is 2. The van der Waals surface area contributed by atoms with Gasteiger partial charge in [-0.1, -0.05) is 19.9 Å². The molecule has 1 aromatic carbocycles. The first-order chi connectivity index (χ1) is 22.9. The molecular formula is C31H43N3O14. The molecule has 48 heavy (non-hydrogen) atoms. The van der Waals surface area contributed by atoms with Crippen LogP contribution in [0.4, 0.5) is 5.69 Å². The molecule has 0 radical (unpaired) electrons. The number of hydrogen-bond acceptors (Lipinski definition) is 13. The Morgan fingerprint density at radius 1 is 0.958 bits per heavy atom. The van der Waals surface area contributed by atoms with Gasteiger partial charge in [-0.25, -0.2) is 4.79 Å². The van der Waals surface area contributed by atoms with E-state index in [1.165, 1.54) is 31.2 Å². The Hall–Kier alpha value is -4.42. The largest absolute Gasteiger partial charge is 0.479 e. The first-order valence-electron chi connectivity index (χ1n) is 15.4. The zero-order valence-electron chi connectivity index (χ0n) is 27.0. The lowest BCUT2D eigenvalue weighted by molar-refractivity contribution is -0.228. The normalized spacial score (nSPS) is 20.1. The number of carboxylic acid groups (broad SMARTS) is 1. The van der Waals surface area contributed by atoms with Gasteiger partial charge in [0.15, 0.2) is 6.10 Å². The van der Waals surface area contributed by atoms with E-state index < -0.39 is 42.4 Å². The highest BCUT2D eigenvalue weighted by molar-refractivity contribution is 6.12. The van der Waals surface area contributed by atoms with E-state index in [2.05, 4.69) is 10.6 Å². The van der Waals surface area contributed by atoms with Crippen molar-refractivity contribution in [3.05, 3.63) is 35.9 Å². The Balaban J connectivity index is 0.00000392. The van der Waals surface area contributed by atoms with Gasteiger partial charge >= 0.3 is 11.9 Å². The Labute approximate surface area is 277 Å². The van der Waals surface area contributed by atoms with Crippen molar-refractivity contribution in [1.29, 1.82) is 0 Å². The number of amides is 4. The second kappa shape index (κ2) is 20.7. The summed E-state index contributed by atoms with van der Waals surface area (Å²) in [6, 6.07) is 4.45. The van der Waals surface area contributed by atoms with E-state index in [1.807, 2.05) is 13.8 Å². The molecule has 1 saturated heterocycles. The smallest absolute Gasteiger partial charge is 0.335 e. The number of carbonyl (C=O) groups is 6. The van der Waals surface area contributed by atoms with Crippen LogP contribution in [0.1, 0.15) is 45.6 Å². The summed E-state index contributed by atoms with van der Waals surface area (Å²) in [4.78, 5) is 71.4. The summed E-state index contributed by atoms with van der Waals surface area (Å²) in [5, 5.41) is 34.5. The molecule has 0 saturated carbocycles. The van der Waals surface area contributed by atoms with Crippen LogP contribution < -0.4 is 15.4 Å². The molecule has 1 fully saturated rings. The van der Waals surface area contributed by atoms with Crippen LogP contribution in [-0.2, 0) is 54.3 Å². The molecule has 17 heteroatoms. The van der Waals surface area contributed by atoms with E-state index in [-0.39, 0.29) is 94.5 Å². The molecule has 2 aliphatic heterocycles. The number of esters is 1. The van der Waals surface area contributed by atoms with Crippen molar-refractivity contribution in [2.45, 2.75) is 71.2 Å². The lowest BCUT2D eigenvalue weighted by Crippen LogP contribution is -2.53. The molecule has 2 heterocycles. The van der Waals surface area contributed by atoms with Gasteiger partial charge in [0.05, 0.1) is 44.8 Å². The third-order valence-corrected chi connectivity index (χ3v) is 6.58. The number of carboxylic acids is 1. The van der Waals surface area contributed by atoms with Crippen LogP contribution in [-0.4, -0.2) is 120 Å². The number of anilines is 1. The number of rotatable bonds is 18. The molecule has 17 nitrogen and oxygen atoms in total. The van der Waals surface area contributed by atoms with Crippen LogP contribution in [0.15, 0.2) is 30.4 Å². The number of carbonyl (C=O) groups excluding carboxylic acids is 5. The van der Waals surface area contributed by atoms with Crippen molar-refractivity contribution in [2.24, 2.45) is 0 Å². The highest BCUT2D eigenvalue weighted by atomic mass is 16.7. The van der Waals surface area contributed by atoms with Gasteiger partial charge in [-0.15, -0.1) is 0 Å². The predicted molar refractivity (Wildman–Crippen MR) is 165 cm³/mol. The molecule has 0 spiro atoms. The average Bonchev–Trinajstić information content (AvgIpc) is 3.37. The van der Waals surface area contributed by atoms with Gasteiger partial charge in [-0.3, -0.25) is 28.9 Å². The Morgan fingerprint density at radius 3 is 2.27 bits per heavy atom. The first kappa shape index (κ1) is 39.8. The van der Waals surface area contributed by atoms with Gasteiger partial charge < -0.3 is 49.6 Å². The van der Waals surface area contributed by atoms with Crippen LogP contribution in [0, 0.1) is 0 Å². The standard InChI is InChI=1S/C29H37N3O14.C2H6/c1-17(33)44-16-18-2-3-21(45-26-15-20(34)27(39)28(46-26)29(40)41)19(14-18)31-23(36)6-8-30-22(35)7-10-42-12-13-43-11-9-32-24(37)4-5-25(32)38;1-2/h2-5,14,20,26-28,34,39H,6-13,15-16H2,1H3,(H,30,35)(H,31,36)(H,40,41);1-2H3/t20-,26-,27+,28+;/m1./s1. The van der Waals surface area contributed by atoms with E-state index in [4.69, 9.17) is 23.7 Å². The molecule has 0 aliphatic carbocycles. The number of aliphatic hydroxyl groups is 2. The van der Waals surface area contributed by atoms with E-state index in [9.17, 15) is 44.1 Å². The summed E-state index contributed by atoms with van der Waals surface area (Å²) < 4.78 is 26.7. The van der Waals surface area contributed by atoms with Crippen LogP contribution in [0.2, 0.25) is 0 Å². The second-order valence-corrected chi connectivity index (χ2v) is 10.1. The first-order valence-corrected chi connectivity index (χ1v) is 15.4. The summed E-state index contributed by atoms with van der Waals surface area (Å²) in [7, 11) is 0. The van der Waals surface area contributed by atoms with E-state index in [0.717, 1.165) is 4.90 Å². The summed E-state index contributed by atoms with van der Waals surface area (Å²) in [6.07, 6.45) is -4.07. The molecule has 0 aromatic heterocycles. The Morgan fingerprint density at radius 2 is 1.62 bits per heavy atom. The molecule has 3 rings (SSSR count). The minimum Gasteiger partial charge on any atom is -0.479 e. The summed E-state index contributed by atoms with van der Waals surface area (Å²) in [5.41, 5.74) is 0.622. The molecule has 4 amide bonds. The van der Waals surface area contributed by atoms with Gasteiger partial charge in [0, 0.05) is 44.9 Å². The minimum atomic E-state index is -1.74. The zero-order valence-corrected chi connectivity index (χ0v) is 27.0. The van der Waals surface area contributed by atoms with Gasteiger partial charge in [-0.2, -0.15) is 0 Å². The molecule has 1 aromatic rings. The third kappa shape index (κ3) is 13.4. The SMILES string of the molecule is CC.CC(=O)OCc1ccc(O[C@H]2C[C@@H](O)[C@H](O)[C@@H](C(=O)O)O2)c(NC(=O)CCNC(=O)CCOCCOCCN2C(=O)C=CC2=O)c1. The highest BCUT2D eigenvalue weighted by Crippen LogP contribution is 2.31. The van der Waals surface area contributed by atoms with Crippen LogP contribution >= 0.6 is 0 Å². The second-order valence-electron chi connectivity index (χ2n) is 10.1. The molecule has 0 unspecified atom stereocenters. The summed E-state index contributed by atoms with van der Waals surface area (Å²) in [5.74, 6) is -3.60. The van der Waals surface area contributed by atoms with E-state index in [1.54, 1.807) is 6.07 Å². The fourth-order valence-corrected chi connectivity index (χ4v) is 4.22. The van der Waals surface area contributed by atoms with Crippen molar-refractivity contribution in [3.63, 3.8) is 0 Å². The van der Waals surface area contributed by atoms with Crippen molar-refractivity contribution >= 4 is 41.3 Å². The van der Waals surface area contributed by atoms with Gasteiger partial charge in [-0.05, 0) is 17.7 Å². The van der Waals surface area contributed by atoms with Crippen molar-refractivity contribution in [3.8, 4) is 5.75 Å². The monoisotopic (exact) mass is 681 g/mol. The van der Waals surface area contributed by atoms with Crippen LogP contribution in [0.5, 0.6) is 5.75 Å². The van der Waals surface area contributed by atoms with Crippen molar-refractivity contribution in [2.75, 3.05) is 44.8 Å². The number of imide groups is 1. The number of ether oxygens (including phenoxy) is 5. The molecular weight excluding hydrogens is 638 g/mol. The third-order valence-electron chi connectivity index (χ3n) is 6.58. The van der Waals surface area contributed by atoms with Crippen molar-refractivity contribution in [1.82, 2.24) is 10.2 Å². The Bertz CT molecular complexity index is 1290. The van der Waals surface area contributed by atoms with Crippen molar-refractivity contribution < 1.29 is 67.8 Å². The average molecular weight is 682 g/mol. The molecule has 0 bridgehead atoms. The van der Waals surface area contributed by atoms with Crippen LogP contribution in [0.25, 0.3) is 0 Å². The lowest BCUT2D eigenvalue weighted by Gasteiger charge is -2.35. The van der Waals surface area contributed by atoms with Gasteiger partial charge in [0.1, 0.15) is 18.5 Å². The predicted octanol–water partition coefficient (Wildman–Crippen LogP) is -0.131. The van der Waals surface area contributed by atoms with E-state index >= 15 is 0 Å². The maximum Gasteiger partial charge on any atom is 0.335 e. The molecule has 2 aliphatic rings. The minimum absolute atomic E-state index is 0.00396. The number of hydrogen-bond donors (Lipinski definition) is 5. The van der Waals surface area contributed by atoms with E-state index in [0.29, 0.717) is 5.56 Å². The molecule has 266 valence electrons.